The summed E-state index contributed by atoms with van der Waals surface area (Å²) < 4.78 is 20.0. The molecule has 0 aliphatic carbocycles. The van der Waals surface area contributed by atoms with E-state index in [2.05, 4.69) is 10.3 Å². The van der Waals surface area contributed by atoms with Gasteiger partial charge in [0, 0.05) is 5.92 Å². The molecule has 0 spiro atoms. The molecule has 1 aromatic carbocycles. The van der Waals surface area contributed by atoms with Gasteiger partial charge in [0.25, 0.3) is 0 Å². The average Bonchev–Trinajstić information content (AvgIpc) is 2.89. The van der Waals surface area contributed by atoms with Crippen LogP contribution in [0.1, 0.15) is 31.7 Å². The lowest BCUT2D eigenvalue weighted by molar-refractivity contribution is 0.259. The van der Waals surface area contributed by atoms with Crippen LogP contribution < -0.4 is 11.1 Å². The number of thiazole rings is 1. The van der Waals surface area contributed by atoms with Crippen molar-refractivity contribution in [2.24, 2.45) is 0 Å². The fourth-order valence-electron chi connectivity index (χ4n) is 2.53. The molecule has 0 aliphatic heterocycles. The molecule has 1 unspecified atom stereocenters. The highest BCUT2D eigenvalue weighted by Crippen LogP contribution is 2.36. The van der Waals surface area contributed by atoms with E-state index in [-0.39, 0.29) is 11.7 Å². The summed E-state index contributed by atoms with van der Waals surface area (Å²) in [7, 11) is 1.62. The van der Waals surface area contributed by atoms with E-state index in [1.807, 2.05) is 13.8 Å². The van der Waals surface area contributed by atoms with Crippen LogP contribution in [0, 0.1) is 5.82 Å². The van der Waals surface area contributed by atoms with Crippen LogP contribution in [0.5, 0.6) is 0 Å². The lowest BCUT2D eigenvalue weighted by Gasteiger charge is -2.20. The summed E-state index contributed by atoms with van der Waals surface area (Å²) in [5.41, 5.74) is 8.13. The molecule has 0 amide bonds. The number of rotatable bonds is 6. The number of nitrogen functional groups attached to an aromatic ring is 1. The van der Waals surface area contributed by atoms with Gasteiger partial charge in [0.2, 0.25) is 0 Å². The number of hydrogen-bond donors (Lipinski definition) is 2. The second-order valence-electron chi connectivity index (χ2n) is 4.80. The molecule has 0 aliphatic rings. The van der Waals surface area contributed by atoms with Crippen LogP contribution in [0.15, 0.2) is 23.6 Å². The van der Waals surface area contributed by atoms with Crippen LogP contribution >= 0.6 is 22.9 Å². The number of allylic oxidation sites excluding steroid dienone is 2. The van der Waals surface area contributed by atoms with Gasteiger partial charge in [-0.3, -0.25) is 0 Å². The second kappa shape index (κ2) is 7.15. The van der Waals surface area contributed by atoms with Gasteiger partial charge >= 0.3 is 0 Å². The number of nitrogens with zero attached hydrogens (tertiary/aromatic N) is 1. The minimum absolute atomic E-state index is 0.0970. The summed E-state index contributed by atoms with van der Waals surface area (Å²) in [6, 6.07) is 3.47. The lowest BCUT2D eigenvalue weighted by atomic mass is 9.96. The normalized spacial score (nSPS) is 13.9. The molecule has 0 bridgehead atoms. The van der Waals surface area contributed by atoms with Crippen LogP contribution in [0.2, 0.25) is 0 Å². The Morgan fingerprint density at radius 1 is 1.55 bits per heavy atom. The van der Waals surface area contributed by atoms with Crippen LogP contribution in [-0.2, 0) is 4.74 Å². The molecule has 0 radical (unpaired) electrons. The number of benzene rings is 1. The Kier molecular flexibility index (Phi) is 5.47. The summed E-state index contributed by atoms with van der Waals surface area (Å²) in [5, 5.41) is 3.45. The van der Waals surface area contributed by atoms with Gasteiger partial charge in [0.1, 0.15) is 11.6 Å². The van der Waals surface area contributed by atoms with Gasteiger partial charge < -0.3 is 15.8 Å². The van der Waals surface area contributed by atoms with Crippen molar-refractivity contribution >= 4 is 38.3 Å². The van der Waals surface area contributed by atoms with Gasteiger partial charge in [-0.25, -0.2) is 9.37 Å². The molecule has 120 valence electrons. The third-order valence-electron chi connectivity index (χ3n) is 3.55. The summed E-state index contributed by atoms with van der Waals surface area (Å²) in [6.45, 7) is 4.01. The molecule has 0 saturated heterocycles. The molecule has 22 heavy (non-hydrogen) atoms. The van der Waals surface area contributed by atoms with Gasteiger partial charge in [-0.2, -0.15) is 0 Å². The van der Waals surface area contributed by atoms with E-state index in [9.17, 15) is 4.39 Å². The van der Waals surface area contributed by atoms with Crippen LogP contribution in [0.4, 0.5) is 9.52 Å². The number of ether oxygens (including phenoxy) is 1. The predicted molar refractivity (Wildman–Crippen MR) is 90.6 cm³/mol. The summed E-state index contributed by atoms with van der Waals surface area (Å²) in [4.78, 5) is 4.27. The highest BCUT2D eigenvalue weighted by molar-refractivity contribution is 7.22. The summed E-state index contributed by atoms with van der Waals surface area (Å²) in [6.07, 6.45) is 0.754. The average molecular weight is 344 g/mol. The molecular formula is C15H19ClFN3OS. The number of aromatic nitrogens is 1. The first kappa shape index (κ1) is 16.8. The van der Waals surface area contributed by atoms with Crippen molar-refractivity contribution in [2.75, 3.05) is 18.8 Å². The van der Waals surface area contributed by atoms with Crippen molar-refractivity contribution in [2.45, 2.75) is 26.2 Å². The topological polar surface area (TPSA) is 60.2 Å². The minimum atomic E-state index is -0.308. The number of anilines is 1. The molecule has 0 saturated carbocycles. The van der Waals surface area contributed by atoms with Gasteiger partial charge in [0.05, 0.1) is 29.0 Å². The van der Waals surface area contributed by atoms with Gasteiger partial charge in [0.15, 0.2) is 5.13 Å². The number of hydrogen-bond acceptors (Lipinski definition) is 5. The Morgan fingerprint density at radius 2 is 2.27 bits per heavy atom. The number of nitrogens with two attached hydrogens (primary N) is 1. The monoisotopic (exact) mass is 343 g/mol. The third-order valence-corrected chi connectivity index (χ3v) is 4.58. The zero-order valence-electron chi connectivity index (χ0n) is 12.7. The highest BCUT2D eigenvalue weighted by atomic mass is 35.5. The molecule has 0 fully saturated rings. The van der Waals surface area contributed by atoms with Crippen LogP contribution in [0.3, 0.4) is 0 Å². The number of fused-ring (bicyclic) bond motifs is 1. The number of halogens is 2. The van der Waals surface area contributed by atoms with E-state index < -0.39 is 0 Å². The van der Waals surface area contributed by atoms with Gasteiger partial charge in [-0.05, 0) is 18.1 Å². The maximum Gasteiger partial charge on any atom is 0.181 e. The number of methoxy groups -OCH3 is 1. The van der Waals surface area contributed by atoms with Crippen molar-refractivity contribution in [1.82, 2.24) is 10.3 Å². The first-order chi connectivity index (χ1) is 10.5. The second-order valence-corrected chi connectivity index (χ2v) is 6.10. The zero-order valence-corrected chi connectivity index (χ0v) is 14.3. The number of nitrogens with one attached hydrogen (secondary N) is 1. The standard InChI is InChI=1S/C15H19ClFN3OS/c1-4-11(19-7-16)13(21-3)8(2)9-5-6-10(17)14-12(9)20-15(18)22-14/h5-6,8,19H,4,7H2,1-3H3,(H2,18,20)/b13-11-. The van der Waals surface area contributed by atoms with E-state index in [0.29, 0.717) is 21.4 Å². The Morgan fingerprint density at radius 3 is 2.86 bits per heavy atom. The van der Waals surface area contributed by atoms with Crippen molar-refractivity contribution in [3.8, 4) is 0 Å². The first-order valence-electron chi connectivity index (χ1n) is 6.94. The summed E-state index contributed by atoms with van der Waals surface area (Å²) >= 11 is 6.92. The quantitative estimate of drug-likeness (QED) is 0.469. The van der Waals surface area contributed by atoms with Gasteiger partial charge in [-0.1, -0.05) is 31.3 Å². The number of alkyl halides is 1. The Hall–Kier alpha value is -1.53. The van der Waals surface area contributed by atoms with E-state index in [4.69, 9.17) is 22.1 Å². The molecule has 1 atom stereocenters. The molecule has 7 heteroatoms. The van der Waals surface area contributed by atoms with E-state index in [0.717, 1.165) is 34.8 Å². The largest absolute Gasteiger partial charge is 0.499 e. The van der Waals surface area contributed by atoms with E-state index >= 15 is 0 Å². The van der Waals surface area contributed by atoms with Crippen molar-refractivity contribution in [3.63, 3.8) is 0 Å². The zero-order chi connectivity index (χ0) is 16.3. The maximum absolute atomic E-state index is 13.9. The fraction of sp³-hybridized carbons (Fsp3) is 0.400. The smallest absolute Gasteiger partial charge is 0.181 e. The molecule has 1 heterocycles. The minimum Gasteiger partial charge on any atom is -0.499 e. The maximum atomic E-state index is 13.9. The molecule has 2 aromatic rings. The van der Waals surface area contributed by atoms with Crippen LogP contribution in [-0.4, -0.2) is 18.1 Å². The predicted octanol–water partition coefficient (Wildman–Crippen LogP) is 4.18. The Labute approximate surface area is 138 Å². The molecular weight excluding hydrogens is 325 g/mol. The first-order valence-corrected chi connectivity index (χ1v) is 8.29. The third kappa shape index (κ3) is 3.13. The SMILES string of the molecule is CC/C(NCCl)=C(/OC)C(C)c1ccc(F)c2sc(N)nc12. The summed E-state index contributed by atoms with van der Waals surface area (Å²) in [5.74, 6) is 0.362. The highest BCUT2D eigenvalue weighted by Gasteiger charge is 2.21. The lowest BCUT2D eigenvalue weighted by Crippen LogP contribution is -2.16. The van der Waals surface area contributed by atoms with E-state index in [1.165, 1.54) is 6.07 Å². The van der Waals surface area contributed by atoms with Crippen LogP contribution in [0.25, 0.3) is 10.2 Å². The molecule has 2 rings (SSSR count). The molecule has 3 N–H and O–H groups in total. The Balaban J connectivity index is 2.57. The molecule has 4 nitrogen and oxygen atoms in total. The van der Waals surface area contributed by atoms with Crippen molar-refractivity contribution in [1.29, 1.82) is 0 Å². The van der Waals surface area contributed by atoms with E-state index in [1.54, 1.807) is 13.2 Å². The fourth-order valence-corrected chi connectivity index (χ4v) is 3.46. The van der Waals surface area contributed by atoms with Crippen molar-refractivity contribution in [3.05, 3.63) is 35.0 Å². The van der Waals surface area contributed by atoms with Crippen molar-refractivity contribution < 1.29 is 9.13 Å². The Bertz CT molecular complexity index is 701. The molecule has 1 aromatic heterocycles. The van der Waals surface area contributed by atoms with Gasteiger partial charge in [-0.15, -0.1) is 11.6 Å².